The minimum absolute atomic E-state index is 0.180. The smallest absolute Gasteiger partial charge is 0.243 e. The van der Waals surface area contributed by atoms with Crippen LogP contribution in [0.2, 0.25) is 0 Å². The maximum absolute atomic E-state index is 12.0. The molecule has 0 aliphatic carbocycles. The van der Waals surface area contributed by atoms with Crippen molar-refractivity contribution in [3.05, 3.63) is 36.3 Å². The molecule has 1 saturated heterocycles. The van der Waals surface area contributed by atoms with E-state index >= 15 is 0 Å². The van der Waals surface area contributed by atoms with E-state index in [4.69, 9.17) is 4.74 Å². The van der Waals surface area contributed by atoms with Crippen molar-refractivity contribution in [2.24, 2.45) is 0 Å². The molecule has 0 aromatic heterocycles. The normalized spacial score (nSPS) is 19.9. The largest absolute Gasteiger partial charge is 0.379 e. The van der Waals surface area contributed by atoms with Crippen LogP contribution in [0.15, 0.2) is 36.3 Å². The fraction of sp³-hybridized carbons (Fsp3) is 0.400. The first kappa shape index (κ1) is 12.2. The molecule has 15 heavy (non-hydrogen) atoms. The number of sulfonamides is 1. The highest BCUT2D eigenvalue weighted by Crippen LogP contribution is 2.15. The molecule has 0 radical (unpaired) electrons. The van der Waals surface area contributed by atoms with E-state index in [0.29, 0.717) is 26.3 Å². The molecule has 1 aliphatic rings. The first-order valence-electron chi connectivity index (χ1n) is 4.66. The van der Waals surface area contributed by atoms with Gasteiger partial charge in [-0.3, -0.25) is 0 Å². The number of allylic oxidation sites excluding steroid dienone is 3. The Balaban J connectivity index is 2.93. The number of nitrogens with zero attached hydrogens (tertiary/aromatic N) is 1. The summed E-state index contributed by atoms with van der Waals surface area (Å²) >= 11 is 0. The lowest BCUT2D eigenvalue weighted by molar-refractivity contribution is 0.0734. The summed E-state index contributed by atoms with van der Waals surface area (Å²) in [6.45, 7) is 8.63. The molecule has 0 saturated carbocycles. The SMILES string of the molecule is C=C/C=C(\C=C)S(=O)(=O)N1CCOCC1. The van der Waals surface area contributed by atoms with Gasteiger partial charge in [-0.15, -0.1) is 0 Å². The van der Waals surface area contributed by atoms with E-state index in [1.54, 1.807) is 0 Å². The standard InChI is InChI=1S/C10H15NO3S/c1-3-5-10(4-2)15(12,13)11-6-8-14-9-7-11/h3-5H,1-2,6-9H2/b10-5+. The van der Waals surface area contributed by atoms with Crippen molar-refractivity contribution in [2.45, 2.75) is 0 Å². The highest BCUT2D eigenvalue weighted by Gasteiger charge is 2.26. The molecule has 1 fully saturated rings. The highest BCUT2D eigenvalue weighted by molar-refractivity contribution is 7.93. The Kier molecular flexibility index (Phi) is 4.26. The molecule has 1 heterocycles. The quantitative estimate of drug-likeness (QED) is 0.673. The third kappa shape index (κ3) is 2.77. The number of ether oxygens (including phenoxy) is 1. The van der Waals surface area contributed by atoms with Gasteiger partial charge in [0, 0.05) is 13.1 Å². The van der Waals surface area contributed by atoms with Gasteiger partial charge in [0.2, 0.25) is 10.0 Å². The van der Waals surface area contributed by atoms with Crippen molar-refractivity contribution in [2.75, 3.05) is 26.3 Å². The third-order valence-corrected chi connectivity index (χ3v) is 4.03. The Hall–Kier alpha value is -0.910. The van der Waals surface area contributed by atoms with Crippen LogP contribution in [0.3, 0.4) is 0 Å². The first-order valence-corrected chi connectivity index (χ1v) is 6.10. The van der Waals surface area contributed by atoms with Gasteiger partial charge in [0.25, 0.3) is 0 Å². The molecular weight excluding hydrogens is 214 g/mol. The van der Waals surface area contributed by atoms with Crippen LogP contribution in [0.25, 0.3) is 0 Å². The van der Waals surface area contributed by atoms with Crippen LogP contribution in [0.4, 0.5) is 0 Å². The molecule has 1 rings (SSSR count). The minimum atomic E-state index is -3.41. The summed E-state index contributed by atoms with van der Waals surface area (Å²) in [5.74, 6) is 0. The number of hydrogen-bond donors (Lipinski definition) is 0. The molecule has 0 amide bonds. The van der Waals surface area contributed by atoms with Gasteiger partial charge in [0.05, 0.1) is 18.1 Å². The monoisotopic (exact) mass is 229 g/mol. The van der Waals surface area contributed by atoms with Crippen molar-refractivity contribution in [1.29, 1.82) is 0 Å². The average molecular weight is 229 g/mol. The van der Waals surface area contributed by atoms with Gasteiger partial charge >= 0.3 is 0 Å². The van der Waals surface area contributed by atoms with Crippen LogP contribution < -0.4 is 0 Å². The van der Waals surface area contributed by atoms with Crippen LogP contribution in [0, 0.1) is 0 Å². The summed E-state index contributed by atoms with van der Waals surface area (Å²) in [5.41, 5.74) is 0. The maximum atomic E-state index is 12.0. The van der Waals surface area contributed by atoms with Crippen LogP contribution in [0.1, 0.15) is 0 Å². The van der Waals surface area contributed by atoms with E-state index in [1.807, 2.05) is 0 Å². The van der Waals surface area contributed by atoms with Crippen molar-refractivity contribution in [1.82, 2.24) is 4.31 Å². The molecule has 0 aromatic rings. The summed E-state index contributed by atoms with van der Waals surface area (Å²) in [6, 6.07) is 0. The summed E-state index contributed by atoms with van der Waals surface area (Å²) in [5, 5.41) is 0. The lowest BCUT2D eigenvalue weighted by atomic mass is 10.5. The van der Waals surface area contributed by atoms with Crippen molar-refractivity contribution in [3.8, 4) is 0 Å². The molecule has 0 aromatic carbocycles. The van der Waals surface area contributed by atoms with Crippen LogP contribution in [0.5, 0.6) is 0 Å². The van der Waals surface area contributed by atoms with E-state index in [2.05, 4.69) is 13.2 Å². The van der Waals surface area contributed by atoms with Crippen LogP contribution in [-0.4, -0.2) is 39.0 Å². The molecule has 0 N–H and O–H groups in total. The molecule has 0 bridgehead atoms. The molecule has 1 aliphatic heterocycles. The fourth-order valence-electron chi connectivity index (χ4n) is 1.31. The molecule has 4 nitrogen and oxygen atoms in total. The zero-order valence-electron chi connectivity index (χ0n) is 8.55. The summed E-state index contributed by atoms with van der Waals surface area (Å²) in [4.78, 5) is 0.180. The summed E-state index contributed by atoms with van der Waals surface area (Å²) in [7, 11) is -3.41. The Bertz CT molecular complexity index is 364. The van der Waals surface area contributed by atoms with Gasteiger partial charge in [-0.2, -0.15) is 4.31 Å². The second-order valence-corrected chi connectivity index (χ2v) is 4.96. The number of morpholine rings is 1. The molecular formula is C10H15NO3S. The maximum Gasteiger partial charge on any atom is 0.243 e. The molecule has 0 atom stereocenters. The van der Waals surface area contributed by atoms with Gasteiger partial charge in [-0.05, 0) is 12.2 Å². The Labute approximate surface area is 90.6 Å². The average Bonchev–Trinajstić information content (AvgIpc) is 2.27. The van der Waals surface area contributed by atoms with Gasteiger partial charge in [-0.1, -0.05) is 19.2 Å². The second kappa shape index (κ2) is 5.25. The topological polar surface area (TPSA) is 46.6 Å². The van der Waals surface area contributed by atoms with Gasteiger partial charge in [0.1, 0.15) is 0 Å². The lowest BCUT2D eigenvalue weighted by Gasteiger charge is -2.26. The molecule has 0 spiro atoms. The molecule has 5 heteroatoms. The minimum Gasteiger partial charge on any atom is -0.379 e. The number of hydrogen-bond acceptors (Lipinski definition) is 3. The summed E-state index contributed by atoms with van der Waals surface area (Å²) < 4.78 is 30.5. The fourth-order valence-corrected chi connectivity index (χ4v) is 2.72. The Morgan fingerprint density at radius 1 is 1.27 bits per heavy atom. The predicted octanol–water partition coefficient (Wildman–Crippen LogP) is 0.904. The van der Waals surface area contributed by atoms with Gasteiger partial charge in [-0.25, -0.2) is 8.42 Å². The third-order valence-electron chi connectivity index (χ3n) is 2.09. The van der Waals surface area contributed by atoms with E-state index in [-0.39, 0.29) is 4.91 Å². The Morgan fingerprint density at radius 2 is 1.87 bits per heavy atom. The van der Waals surface area contributed by atoms with Crippen LogP contribution >= 0.6 is 0 Å². The van der Waals surface area contributed by atoms with Gasteiger partial charge in [0.15, 0.2) is 0 Å². The van der Waals surface area contributed by atoms with E-state index < -0.39 is 10.0 Å². The van der Waals surface area contributed by atoms with E-state index in [1.165, 1.54) is 22.5 Å². The second-order valence-electron chi connectivity index (χ2n) is 3.03. The predicted molar refractivity (Wildman–Crippen MR) is 59.8 cm³/mol. The first-order chi connectivity index (χ1) is 7.12. The van der Waals surface area contributed by atoms with E-state index in [9.17, 15) is 8.42 Å². The number of rotatable bonds is 4. The van der Waals surface area contributed by atoms with Crippen molar-refractivity contribution >= 4 is 10.0 Å². The van der Waals surface area contributed by atoms with Crippen molar-refractivity contribution in [3.63, 3.8) is 0 Å². The van der Waals surface area contributed by atoms with Crippen LogP contribution in [-0.2, 0) is 14.8 Å². The highest BCUT2D eigenvalue weighted by atomic mass is 32.2. The zero-order chi connectivity index (χ0) is 11.3. The van der Waals surface area contributed by atoms with Crippen molar-refractivity contribution < 1.29 is 13.2 Å². The molecule has 84 valence electrons. The lowest BCUT2D eigenvalue weighted by Crippen LogP contribution is -2.40. The molecule has 0 unspecified atom stereocenters. The zero-order valence-corrected chi connectivity index (χ0v) is 9.37. The Morgan fingerprint density at radius 3 is 2.33 bits per heavy atom. The summed E-state index contributed by atoms with van der Waals surface area (Å²) in [6.07, 6.45) is 4.21. The van der Waals surface area contributed by atoms with E-state index in [0.717, 1.165) is 0 Å². The van der Waals surface area contributed by atoms with Gasteiger partial charge < -0.3 is 4.74 Å².